The molecule has 1 amide bonds. The van der Waals surface area contributed by atoms with E-state index >= 15 is 0 Å². The van der Waals surface area contributed by atoms with Crippen LogP contribution < -0.4 is 0 Å². The second kappa shape index (κ2) is 5.41. The fraction of sp³-hybridized carbons (Fsp3) is 0.615. The second-order valence-electron chi connectivity index (χ2n) is 5.44. The maximum absolute atomic E-state index is 12.4. The topological polar surface area (TPSA) is 59.4 Å². The molecule has 112 valence electrons. The molecule has 5 nitrogen and oxygen atoms in total. The Labute approximate surface area is 123 Å². The van der Waals surface area contributed by atoms with Gasteiger partial charge in [-0.05, 0) is 31.2 Å². The van der Waals surface area contributed by atoms with Crippen molar-refractivity contribution in [3.63, 3.8) is 0 Å². The maximum atomic E-state index is 12.4. The van der Waals surface area contributed by atoms with Gasteiger partial charge >= 0.3 is 0 Å². The van der Waals surface area contributed by atoms with Crippen LogP contribution in [0.4, 0.5) is 0 Å². The van der Waals surface area contributed by atoms with E-state index in [-0.39, 0.29) is 10.8 Å². The molecule has 1 aliphatic rings. The maximum Gasteiger partial charge on any atom is 0.270 e. The number of rotatable bonds is 5. The molecule has 0 spiro atoms. The summed E-state index contributed by atoms with van der Waals surface area (Å²) in [5.74, 6) is 1.06. The standard InChI is InChI=1S/C13H19ClN2O3S/c1-4-16-8-11(20(14,18)19)6-12(16)13(17)15(3)7-10-5-9(10)2/h6,8-10H,4-5,7H2,1-3H3. The van der Waals surface area contributed by atoms with Gasteiger partial charge in [-0.2, -0.15) is 0 Å². The van der Waals surface area contributed by atoms with E-state index in [1.54, 1.807) is 16.5 Å². The summed E-state index contributed by atoms with van der Waals surface area (Å²) < 4.78 is 24.3. The smallest absolute Gasteiger partial charge is 0.270 e. The molecular weight excluding hydrogens is 300 g/mol. The molecule has 7 heteroatoms. The van der Waals surface area contributed by atoms with Crippen LogP contribution in [0.3, 0.4) is 0 Å². The van der Waals surface area contributed by atoms with Crippen LogP contribution in [0.25, 0.3) is 0 Å². The number of aryl methyl sites for hydroxylation is 1. The minimum absolute atomic E-state index is 0.0300. The third-order valence-corrected chi connectivity index (χ3v) is 5.16. The van der Waals surface area contributed by atoms with E-state index in [0.717, 1.165) is 6.42 Å². The Hall–Kier alpha value is -1.01. The summed E-state index contributed by atoms with van der Waals surface area (Å²) in [6.45, 7) is 5.24. The lowest BCUT2D eigenvalue weighted by Gasteiger charge is -2.17. The Kier molecular flexibility index (Phi) is 4.16. The normalized spacial score (nSPS) is 21.8. The van der Waals surface area contributed by atoms with E-state index in [4.69, 9.17) is 10.7 Å². The van der Waals surface area contributed by atoms with Gasteiger partial charge in [-0.1, -0.05) is 6.92 Å². The van der Waals surface area contributed by atoms with Gasteiger partial charge in [0.15, 0.2) is 0 Å². The average Bonchev–Trinajstić information content (AvgIpc) is 2.90. The number of hydrogen-bond acceptors (Lipinski definition) is 3. The number of nitrogens with zero attached hydrogens (tertiary/aromatic N) is 2. The number of amides is 1. The monoisotopic (exact) mass is 318 g/mol. The van der Waals surface area contributed by atoms with Crippen molar-refractivity contribution in [1.82, 2.24) is 9.47 Å². The van der Waals surface area contributed by atoms with Crippen LogP contribution in [0, 0.1) is 11.8 Å². The summed E-state index contributed by atoms with van der Waals surface area (Å²) in [5.41, 5.74) is 0.363. The van der Waals surface area contributed by atoms with Crippen LogP contribution in [0.2, 0.25) is 0 Å². The summed E-state index contributed by atoms with van der Waals surface area (Å²) in [7, 11) is 3.27. The lowest BCUT2D eigenvalue weighted by molar-refractivity contribution is 0.0776. The highest BCUT2D eigenvalue weighted by Crippen LogP contribution is 2.38. The molecule has 0 aliphatic heterocycles. The van der Waals surface area contributed by atoms with E-state index < -0.39 is 9.05 Å². The number of carbonyl (C=O) groups excluding carboxylic acids is 1. The van der Waals surface area contributed by atoms with Gasteiger partial charge in [0.2, 0.25) is 0 Å². The highest BCUT2D eigenvalue weighted by atomic mass is 35.7. The molecule has 1 saturated carbocycles. The Bertz CT molecular complexity index is 624. The molecule has 2 rings (SSSR count). The molecular formula is C13H19ClN2O3S. The van der Waals surface area contributed by atoms with Crippen LogP contribution in [-0.2, 0) is 15.6 Å². The Morgan fingerprint density at radius 3 is 2.60 bits per heavy atom. The molecule has 0 bridgehead atoms. The van der Waals surface area contributed by atoms with Gasteiger partial charge in [0.1, 0.15) is 10.6 Å². The zero-order chi connectivity index (χ0) is 15.1. The minimum atomic E-state index is -3.81. The molecule has 1 fully saturated rings. The number of aromatic nitrogens is 1. The van der Waals surface area contributed by atoms with E-state index in [9.17, 15) is 13.2 Å². The molecule has 20 heavy (non-hydrogen) atoms. The number of carbonyl (C=O) groups is 1. The minimum Gasteiger partial charge on any atom is -0.342 e. The van der Waals surface area contributed by atoms with Crippen molar-refractivity contribution in [2.24, 2.45) is 11.8 Å². The molecule has 1 aromatic heterocycles. The van der Waals surface area contributed by atoms with Crippen molar-refractivity contribution >= 4 is 25.6 Å². The lowest BCUT2D eigenvalue weighted by atomic mass is 10.3. The van der Waals surface area contributed by atoms with Crippen molar-refractivity contribution in [3.05, 3.63) is 18.0 Å². The largest absolute Gasteiger partial charge is 0.342 e. The van der Waals surface area contributed by atoms with E-state index in [0.29, 0.717) is 30.6 Å². The number of hydrogen-bond donors (Lipinski definition) is 0. The summed E-state index contributed by atoms with van der Waals surface area (Å²) in [6.07, 6.45) is 2.55. The fourth-order valence-electron chi connectivity index (χ4n) is 2.34. The molecule has 0 radical (unpaired) electrons. The van der Waals surface area contributed by atoms with Gasteiger partial charge in [-0.15, -0.1) is 0 Å². The Morgan fingerprint density at radius 2 is 2.15 bits per heavy atom. The third kappa shape index (κ3) is 3.17. The lowest BCUT2D eigenvalue weighted by Crippen LogP contribution is -2.30. The van der Waals surface area contributed by atoms with Crippen LogP contribution >= 0.6 is 10.7 Å². The predicted molar refractivity (Wildman–Crippen MR) is 77.4 cm³/mol. The predicted octanol–water partition coefficient (Wildman–Crippen LogP) is 2.16. The van der Waals surface area contributed by atoms with Crippen molar-refractivity contribution in [3.8, 4) is 0 Å². The quantitative estimate of drug-likeness (QED) is 0.782. The van der Waals surface area contributed by atoms with Gasteiger partial charge in [0, 0.05) is 37.0 Å². The van der Waals surface area contributed by atoms with Crippen molar-refractivity contribution in [2.75, 3.05) is 13.6 Å². The fourth-order valence-corrected chi connectivity index (χ4v) is 3.10. The second-order valence-corrected chi connectivity index (χ2v) is 8.01. The average molecular weight is 319 g/mol. The summed E-state index contributed by atoms with van der Waals surface area (Å²) >= 11 is 0. The van der Waals surface area contributed by atoms with Gasteiger partial charge in [0.05, 0.1) is 0 Å². The SMILES string of the molecule is CCn1cc(S(=O)(=O)Cl)cc1C(=O)N(C)CC1CC1C. The molecule has 0 saturated heterocycles. The molecule has 1 aromatic rings. The van der Waals surface area contributed by atoms with Gasteiger partial charge in [0.25, 0.3) is 15.0 Å². The van der Waals surface area contributed by atoms with Crippen molar-refractivity contribution < 1.29 is 13.2 Å². The Morgan fingerprint density at radius 1 is 1.55 bits per heavy atom. The molecule has 2 atom stereocenters. The first-order valence-electron chi connectivity index (χ1n) is 6.64. The van der Waals surface area contributed by atoms with Crippen LogP contribution in [0.1, 0.15) is 30.8 Å². The summed E-state index contributed by atoms with van der Waals surface area (Å²) in [5, 5.41) is 0. The van der Waals surface area contributed by atoms with Gasteiger partial charge < -0.3 is 9.47 Å². The Balaban J connectivity index is 2.22. The highest BCUT2D eigenvalue weighted by Gasteiger charge is 2.34. The van der Waals surface area contributed by atoms with Crippen molar-refractivity contribution in [2.45, 2.75) is 31.7 Å². The summed E-state index contributed by atoms with van der Waals surface area (Å²) in [4.78, 5) is 14.0. The molecule has 1 aliphatic carbocycles. The van der Waals surface area contributed by atoms with Gasteiger partial charge in [-0.3, -0.25) is 4.79 Å². The molecule has 2 unspecified atom stereocenters. The van der Waals surface area contributed by atoms with E-state index in [1.807, 2.05) is 6.92 Å². The van der Waals surface area contributed by atoms with Gasteiger partial charge in [-0.25, -0.2) is 8.42 Å². The first kappa shape index (κ1) is 15.4. The van der Waals surface area contributed by atoms with Crippen LogP contribution in [0.15, 0.2) is 17.2 Å². The highest BCUT2D eigenvalue weighted by molar-refractivity contribution is 8.13. The molecule has 0 N–H and O–H groups in total. The zero-order valence-corrected chi connectivity index (χ0v) is 13.4. The first-order chi connectivity index (χ1) is 9.24. The number of halogens is 1. The third-order valence-electron chi connectivity index (χ3n) is 3.84. The molecule has 1 heterocycles. The van der Waals surface area contributed by atoms with Crippen LogP contribution in [-0.4, -0.2) is 37.4 Å². The van der Waals surface area contributed by atoms with E-state index in [1.165, 1.54) is 12.3 Å². The molecule has 0 aromatic carbocycles. The summed E-state index contributed by atoms with van der Waals surface area (Å²) in [6, 6.07) is 1.35. The van der Waals surface area contributed by atoms with E-state index in [2.05, 4.69) is 6.92 Å². The van der Waals surface area contributed by atoms with Crippen LogP contribution in [0.5, 0.6) is 0 Å². The van der Waals surface area contributed by atoms with Crippen molar-refractivity contribution in [1.29, 1.82) is 0 Å². The zero-order valence-electron chi connectivity index (χ0n) is 11.8. The first-order valence-corrected chi connectivity index (χ1v) is 8.95.